The molecule has 0 amide bonds. The maximum Gasteiger partial charge on any atom is 0.340 e. The fraction of sp³-hybridized carbons (Fsp3) is 0.206. The number of rotatable bonds is 8. The number of benzene rings is 3. The molecule has 0 atom stereocenters. The molecule has 206 valence electrons. The third-order valence-electron chi connectivity index (χ3n) is 7.17. The lowest BCUT2D eigenvalue weighted by atomic mass is 10.1. The van der Waals surface area contributed by atoms with E-state index in [1.54, 1.807) is 18.0 Å². The van der Waals surface area contributed by atoms with E-state index in [1.165, 1.54) is 18.2 Å². The van der Waals surface area contributed by atoms with Gasteiger partial charge in [-0.15, -0.1) is 11.8 Å². The minimum atomic E-state index is -0.412. The van der Waals surface area contributed by atoms with Crippen LogP contribution in [0, 0.1) is 0 Å². The molecule has 2 aromatic heterocycles. The SMILES string of the molecule is COC(=O)c1cnc(N(Cc2ccccc2)Cc2ccccc2)c2[nH]c(-c3cccc(C4=NC(C)(C)CS4)c3)cc12. The number of nitrogens with zero attached hydrogens (tertiary/aromatic N) is 3. The predicted molar refractivity (Wildman–Crippen MR) is 169 cm³/mol. The zero-order chi connectivity index (χ0) is 28.4. The number of hydrogen-bond acceptors (Lipinski definition) is 6. The highest BCUT2D eigenvalue weighted by molar-refractivity contribution is 8.14. The van der Waals surface area contributed by atoms with Crippen LogP contribution >= 0.6 is 11.8 Å². The number of anilines is 1. The highest BCUT2D eigenvalue weighted by Crippen LogP contribution is 2.35. The summed E-state index contributed by atoms with van der Waals surface area (Å²) in [7, 11) is 1.40. The second-order valence-electron chi connectivity index (χ2n) is 10.9. The molecule has 1 N–H and O–H groups in total. The van der Waals surface area contributed by atoms with E-state index in [9.17, 15) is 4.79 Å². The first kappa shape index (κ1) is 26.8. The van der Waals surface area contributed by atoms with Crippen LogP contribution in [0.3, 0.4) is 0 Å². The summed E-state index contributed by atoms with van der Waals surface area (Å²) < 4.78 is 5.13. The molecule has 5 aromatic rings. The van der Waals surface area contributed by atoms with Gasteiger partial charge in [-0.3, -0.25) is 4.99 Å². The van der Waals surface area contributed by atoms with Crippen molar-refractivity contribution >= 4 is 39.5 Å². The highest BCUT2D eigenvalue weighted by atomic mass is 32.2. The molecule has 0 unspecified atom stereocenters. The van der Waals surface area contributed by atoms with Crippen LogP contribution in [-0.2, 0) is 17.8 Å². The van der Waals surface area contributed by atoms with E-state index in [0.29, 0.717) is 18.7 Å². The first-order valence-corrected chi connectivity index (χ1v) is 14.6. The topological polar surface area (TPSA) is 70.6 Å². The van der Waals surface area contributed by atoms with Crippen molar-refractivity contribution in [1.29, 1.82) is 0 Å². The second-order valence-corrected chi connectivity index (χ2v) is 11.8. The number of carbonyl (C=O) groups is 1. The molecule has 0 aliphatic carbocycles. The van der Waals surface area contributed by atoms with Gasteiger partial charge < -0.3 is 14.6 Å². The molecule has 0 spiro atoms. The van der Waals surface area contributed by atoms with E-state index in [0.717, 1.165) is 44.3 Å². The standard InChI is InChI=1S/C34H32N4O2S/c1-34(2)22-41-32(37-34)26-16-10-15-25(17-26)29-18-27-28(33(39)40-3)19-35-31(30(27)36-29)38(20-23-11-6-4-7-12-23)21-24-13-8-5-9-14-24/h4-19,36H,20-22H2,1-3H3. The Balaban J connectivity index is 1.47. The lowest BCUT2D eigenvalue weighted by molar-refractivity contribution is 0.0602. The number of aliphatic imine (C=N–C) groups is 1. The minimum absolute atomic E-state index is 0.0614. The zero-order valence-corrected chi connectivity index (χ0v) is 24.2. The predicted octanol–water partition coefficient (Wildman–Crippen LogP) is 7.50. The van der Waals surface area contributed by atoms with E-state index in [1.807, 2.05) is 42.5 Å². The molecule has 0 radical (unpaired) electrons. The number of aromatic amines is 1. The van der Waals surface area contributed by atoms with Gasteiger partial charge in [-0.25, -0.2) is 9.78 Å². The van der Waals surface area contributed by atoms with Crippen molar-refractivity contribution in [1.82, 2.24) is 9.97 Å². The van der Waals surface area contributed by atoms with E-state index in [2.05, 4.69) is 72.3 Å². The van der Waals surface area contributed by atoms with Crippen molar-refractivity contribution in [2.24, 2.45) is 4.99 Å². The summed E-state index contributed by atoms with van der Waals surface area (Å²) in [6, 6.07) is 31.2. The maximum absolute atomic E-state index is 12.8. The van der Waals surface area contributed by atoms with Gasteiger partial charge >= 0.3 is 5.97 Å². The average Bonchev–Trinajstić information content (AvgIpc) is 3.61. The smallest absolute Gasteiger partial charge is 0.340 e. The quantitative estimate of drug-likeness (QED) is 0.199. The first-order chi connectivity index (χ1) is 19.9. The van der Waals surface area contributed by atoms with Gasteiger partial charge in [0, 0.05) is 41.7 Å². The van der Waals surface area contributed by atoms with Crippen LogP contribution in [0.25, 0.3) is 22.2 Å². The van der Waals surface area contributed by atoms with Crippen molar-refractivity contribution in [3.8, 4) is 11.3 Å². The number of methoxy groups -OCH3 is 1. The Bertz CT molecular complexity index is 1690. The summed E-state index contributed by atoms with van der Waals surface area (Å²) >= 11 is 1.79. The van der Waals surface area contributed by atoms with Crippen LogP contribution in [0.4, 0.5) is 5.82 Å². The highest BCUT2D eigenvalue weighted by Gasteiger charge is 2.26. The number of H-pyrrole nitrogens is 1. The molecule has 1 aliphatic rings. The fourth-order valence-electron chi connectivity index (χ4n) is 5.14. The normalized spacial score (nSPS) is 14.2. The van der Waals surface area contributed by atoms with Crippen molar-refractivity contribution in [2.75, 3.05) is 17.8 Å². The number of hydrogen-bond donors (Lipinski definition) is 1. The summed E-state index contributed by atoms with van der Waals surface area (Å²) in [6.07, 6.45) is 1.63. The Hall–Kier alpha value is -4.36. The fourth-order valence-corrected chi connectivity index (χ4v) is 6.30. The molecule has 0 bridgehead atoms. The number of thioether (sulfide) groups is 1. The number of aromatic nitrogens is 2. The number of esters is 1. The van der Waals surface area contributed by atoms with Gasteiger partial charge in [0.05, 0.1) is 28.8 Å². The number of nitrogens with one attached hydrogen (secondary N) is 1. The maximum atomic E-state index is 12.8. The average molecular weight is 561 g/mol. The summed E-state index contributed by atoms with van der Waals surface area (Å²) in [6.45, 7) is 5.64. The first-order valence-electron chi connectivity index (χ1n) is 13.7. The largest absolute Gasteiger partial charge is 0.465 e. The zero-order valence-electron chi connectivity index (χ0n) is 23.4. The van der Waals surface area contributed by atoms with Gasteiger partial charge in [0.2, 0.25) is 0 Å². The summed E-state index contributed by atoms with van der Waals surface area (Å²) in [5.41, 5.74) is 6.54. The van der Waals surface area contributed by atoms with Crippen molar-refractivity contribution < 1.29 is 9.53 Å². The molecular weight excluding hydrogens is 528 g/mol. The van der Waals surface area contributed by atoms with Crippen molar-refractivity contribution in [2.45, 2.75) is 32.5 Å². The molecule has 3 heterocycles. The molecule has 7 heteroatoms. The molecule has 0 saturated carbocycles. The van der Waals surface area contributed by atoms with E-state index in [-0.39, 0.29) is 5.54 Å². The van der Waals surface area contributed by atoms with Gasteiger partial charge in [-0.05, 0) is 42.7 Å². The van der Waals surface area contributed by atoms with Crippen LogP contribution in [-0.4, -0.2) is 39.4 Å². The third kappa shape index (κ3) is 5.77. The van der Waals surface area contributed by atoms with E-state index >= 15 is 0 Å². The monoisotopic (exact) mass is 560 g/mol. The number of pyridine rings is 1. The van der Waals surface area contributed by atoms with E-state index in [4.69, 9.17) is 14.7 Å². The lowest BCUT2D eigenvalue weighted by Gasteiger charge is -2.25. The molecule has 0 fully saturated rings. The summed E-state index contributed by atoms with van der Waals surface area (Å²) in [5.74, 6) is 1.33. The number of carbonyl (C=O) groups excluding carboxylic acids is 1. The molecule has 0 saturated heterocycles. The number of ether oxygens (including phenoxy) is 1. The van der Waals surface area contributed by atoms with Crippen molar-refractivity contribution in [3.05, 3.63) is 119 Å². The summed E-state index contributed by atoms with van der Waals surface area (Å²) in [4.78, 5) is 28.5. The molecule has 1 aliphatic heterocycles. The Labute approximate surface area is 244 Å². The second kappa shape index (κ2) is 11.3. The van der Waals surface area contributed by atoms with Crippen LogP contribution in [0.1, 0.15) is 40.9 Å². The minimum Gasteiger partial charge on any atom is -0.465 e. The van der Waals surface area contributed by atoms with Crippen LogP contribution in [0.2, 0.25) is 0 Å². The Morgan fingerprint density at radius 3 is 2.20 bits per heavy atom. The summed E-state index contributed by atoms with van der Waals surface area (Å²) in [5, 5.41) is 1.84. The molecule has 3 aromatic carbocycles. The van der Waals surface area contributed by atoms with E-state index < -0.39 is 5.97 Å². The molecule has 41 heavy (non-hydrogen) atoms. The van der Waals surface area contributed by atoms with Gasteiger partial charge in [0.25, 0.3) is 0 Å². The van der Waals surface area contributed by atoms with Crippen LogP contribution in [0.15, 0.2) is 102 Å². The van der Waals surface area contributed by atoms with Gasteiger partial charge in [0.15, 0.2) is 5.82 Å². The molecular formula is C34H32N4O2S. The molecule has 6 nitrogen and oxygen atoms in total. The van der Waals surface area contributed by atoms with Crippen LogP contribution < -0.4 is 4.90 Å². The third-order valence-corrected chi connectivity index (χ3v) is 8.62. The van der Waals surface area contributed by atoms with Gasteiger partial charge in [-0.2, -0.15) is 0 Å². The van der Waals surface area contributed by atoms with Crippen molar-refractivity contribution in [3.63, 3.8) is 0 Å². The Morgan fingerprint density at radius 1 is 0.927 bits per heavy atom. The lowest BCUT2D eigenvalue weighted by Crippen LogP contribution is -2.24. The van der Waals surface area contributed by atoms with Crippen LogP contribution in [0.5, 0.6) is 0 Å². The van der Waals surface area contributed by atoms with Gasteiger partial charge in [0.1, 0.15) is 0 Å². The Morgan fingerprint density at radius 2 is 1.59 bits per heavy atom. The number of fused-ring (bicyclic) bond motifs is 1. The van der Waals surface area contributed by atoms with Gasteiger partial charge in [-0.1, -0.05) is 78.9 Å². The Kier molecular flexibility index (Phi) is 7.37. The molecule has 6 rings (SSSR count).